The molecule has 0 aliphatic heterocycles. The SMILES string of the molecule is C=CS(=O)(=O)CCc1cc(C(N)=O)c(S(=O)(=O)O)c(N)c1CCS(=O)(=O)C=C. The molecule has 0 saturated carbocycles. The van der Waals surface area contributed by atoms with Crippen LogP contribution in [0.5, 0.6) is 0 Å². The summed E-state index contributed by atoms with van der Waals surface area (Å²) in [4.78, 5) is 10.7. The first-order valence-electron chi connectivity index (χ1n) is 7.57. The van der Waals surface area contributed by atoms with E-state index in [2.05, 4.69) is 13.2 Å². The first kappa shape index (κ1) is 23.8. The van der Waals surface area contributed by atoms with Gasteiger partial charge in [0.25, 0.3) is 10.1 Å². The summed E-state index contributed by atoms with van der Waals surface area (Å²) in [6, 6.07) is 0.982. The van der Waals surface area contributed by atoms with E-state index in [1.54, 1.807) is 0 Å². The van der Waals surface area contributed by atoms with Gasteiger partial charge in [0, 0.05) is 10.8 Å². The van der Waals surface area contributed by atoms with Crippen LogP contribution in [0.3, 0.4) is 0 Å². The van der Waals surface area contributed by atoms with Crippen molar-refractivity contribution in [2.24, 2.45) is 5.73 Å². The Kier molecular flexibility index (Phi) is 7.17. The number of sulfone groups is 2. The molecule has 28 heavy (non-hydrogen) atoms. The molecule has 0 radical (unpaired) electrons. The van der Waals surface area contributed by atoms with E-state index in [0.29, 0.717) is 5.41 Å². The molecule has 0 aromatic heterocycles. The Morgan fingerprint density at radius 2 is 1.46 bits per heavy atom. The minimum Gasteiger partial charge on any atom is -0.397 e. The summed E-state index contributed by atoms with van der Waals surface area (Å²) in [5.74, 6) is -2.19. The third-order valence-electron chi connectivity index (χ3n) is 3.84. The van der Waals surface area contributed by atoms with Crippen molar-refractivity contribution in [1.82, 2.24) is 0 Å². The van der Waals surface area contributed by atoms with E-state index in [1.807, 2.05) is 0 Å². The predicted octanol–water partition coefficient (Wildman–Crippen LogP) is -0.184. The lowest BCUT2D eigenvalue weighted by molar-refractivity contribution is 0.0996. The number of aryl methyl sites for hydroxylation is 1. The maximum absolute atomic E-state index is 11.7. The number of benzene rings is 1. The van der Waals surface area contributed by atoms with Crippen LogP contribution in [0.1, 0.15) is 21.5 Å². The first-order chi connectivity index (χ1) is 12.6. The number of carbonyl (C=O) groups excluding carboxylic acids is 1. The van der Waals surface area contributed by atoms with Gasteiger partial charge in [-0.2, -0.15) is 8.42 Å². The van der Waals surface area contributed by atoms with Crippen LogP contribution in [0.4, 0.5) is 5.69 Å². The van der Waals surface area contributed by atoms with Crippen molar-refractivity contribution in [2.75, 3.05) is 17.2 Å². The Morgan fingerprint density at radius 3 is 1.86 bits per heavy atom. The van der Waals surface area contributed by atoms with Crippen LogP contribution in [0.15, 0.2) is 34.9 Å². The zero-order valence-electron chi connectivity index (χ0n) is 14.7. The molecule has 0 heterocycles. The lowest BCUT2D eigenvalue weighted by Gasteiger charge is -2.17. The minimum atomic E-state index is -4.99. The Balaban J connectivity index is 3.72. The minimum absolute atomic E-state index is 0.0395. The normalized spacial score (nSPS) is 12.5. The maximum Gasteiger partial charge on any atom is 0.297 e. The summed E-state index contributed by atoms with van der Waals surface area (Å²) >= 11 is 0. The lowest BCUT2D eigenvalue weighted by Crippen LogP contribution is -2.21. The van der Waals surface area contributed by atoms with Crippen LogP contribution in [0.2, 0.25) is 0 Å². The number of amides is 1. The standard InChI is InChI=1S/C15H20N2O8S3/c1-3-26(19,20)7-5-10-9-12(15(17)18)14(28(23,24)25)13(16)11(10)6-8-27(21,22)4-2/h3-4,9H,1-2,5-8,16H2,(H2,17,18)(H,23,24,25). The van der Waals surface area contributed by atoms with Gasteiger partial charge in [-0.05, 0) is 30.0 Å². The summed E-state index contributed by atoms with van der Waals surface area (Å²) in [6.45, 7) is 6.32. The van der Waals surface area contributed by atoms with E-state index < -0.39 is 63.4 Å². The number of carbonyl (C=O) groups is 1. The number of hydrogen-bond donors (Lipinski definition) is 3. The van der Waals surface area contributed by atoms with Crippen molar-refractivity contribution in [3.8, 4) is 0 Å². The van der Waals surface area contributed by atoms with E-state index in [-0.39, 0.29) is 24.0 Å². The Morgan fingerprint density at radius 1 is 1.00 bits per heavy atom. The fraction of sp³-hybridized carbons (Fsp3) is 0.267. The van der Waals surface area contributed by atoms with Crippen LogP contribution in [0.25, 0.3) is 0 Å². The highest BCUT2D eigenvalue weighted by Crippen LogP contribution is 2.31. The molecule has 156 valence electrons. The summed E-state index contributed by atoms with van der Waals surface area (Å²) in [6.07, 6.45) is -0.542. The van der Waals surface area contributed by atoms with Crippen molar-refractivity contribution in [2.45, 2.75) is 17.7 Å². The molecule has 0 unspecified atom stereocenters. The van der Waals surface area contributed by atoms with Crippen LogP contribution in [-0.2, 0) is 42.6 Å². The molecule has 10 nitrogen and oxygen atoms in total. The molecule has 5 N–H and O–H groups in total. The second kappa shape index (κ2) is 8.43. The molecule has 0 fully saturated rings. The third kappa shape index (κ3) is 5.89. The van der Waals surface area contributed by atoms with Gasteiger partial charge in [-0.1, -0.05) is 13.2 Å². The van der Waals surface area contributed by atoms with Crippen molar-refractivity contribution in [3.63, 3.8) is 0 Å². The molecule has 0 bridgehead atoms. The Bertz CT molecular complexity index is 1130. The molecule has 1 rings (SSSR count). The number of primary amides is 1. The van der Waals surface area contributed by atoms with Crippen molar-refractivity contribution in [1.29, 1.82) is 0 Å². The van der Waals surface area contributed by atoms with Crippen molar-refractivity contribution < 1.29 is 34.6 Å². The topological polar surface area (TPSA) is 192 Å². The van der Waals surface area contributed by atoms with Gasteiger partial charge in [-0.3, -0.25) is 9.35 Å². The smallest absolute Gasteiger partial charge is 0.297 e. The largest absolute Gasteiger partial charge is 0.397 e. The Labute approximate surface area is 163 Å². The molecule has 0 atom stereocenters. The monoisotopic (exact) mass is 452 g/mol. The van der Waals surface area contributed by atoms with Crippen LogP contribution >= 0.6 is 0 Å². The summed E-state index contributed by atoms with van der Waals surface area (Å²) in [7, 11) is -12.4. The van der Waals surface area contributed by atoms with E-state index in [0.717, 1.165) is 11.5 Å². The zero-order valence-corrected chi connectivity index (χ0v) is 17.1. The fourth-order valence-corrected chi connectivity index (χ4v) is 4.59. The fourth-order valence-electron chi connectivity index (χ4n) is 2.42. The number of anilines is 1. The molecule has 0 saturated heterocycles. The van der Waals surface area contributed by atoms with E-state index in [9.17, 15) is 34.6 Å². The predicted molar refractivity (Wildman–Crippen MR) is 105 cm³/mol. The Hall–Kier alpha value is -2.22. The van der Waals surface area contributed by atoms with Crippen LogP contribution < -0.4 is 11.5 Å². The van der Waals surface area contributed by atoms with E-state index in [1.165, 1.54) is 0 Å². The molecule has 1 aromatic rings. The van der Waals surface area contributed by atoms with Gasteiger partial charge < -0.3 is 11.5 Å². The molecule has 13 heteroatoms. The second-order valence-corrected chi connectivity index (χ2v) is 11.2. The number of rotatable bonds is 10. The summed E-state index contributed by atoms with van der Waals surface area (Å²) in [5.41, 5.74) is 9.82. The summed E-state index contributed by atoms with van der Waals surface area (Å²) in [5, 5.41) is 1.42. The van der Waals surface area contributed by atoms with Gasteiger partial charge in [0.15, 0.2) is 19.7 Å². The molecular formula is C15H20N2O8S3. The molecule has 0 aliphatic carbocycles. The van der Waals surface area contributed by atoms with Crippen molar-refractivity contribution in [3.05, 3.63) is 46.7 Å². The highest BCUT2D eigenvalue weighted by Gasteiger charge is 2.27. The second-order valence-electron chi connectivity index (χ2n) is 5.71. The molecule has 1 aromatic carbocycles. The molecule has 0 spiro atoms. The van der Waals surface area contributed by atoms with E-state index in [4.69, 9.17) is 11.5 Å². The molecule has 1 amide bonds. The summed E-state index contributed by atoms with van der Waals surface area (Å²) < 4.78 is 79.6. The number of hydrogen-bond acceptors (Lipinski definition) is 8. The third-order valence-corrected chi connectivity index (χ3v) is 7.36. The first-order valence-corrected chi connectivity index (χ1v) is 12.4. The zero-order chi connectivity index (χ0) is 21.9. The van der Waals surface area contributed by atoms with Gasteiger partial charge in [-0.25, -0.2) is 16.8 Å². The number of nitrogens with two attached hydrogens (primary N) is 2. The highest BCUT2D eigenvalue weighted by atomic mass is 32.2. The van der Waals surface area contributed by atoms with E-state index >= 15 is 0 Å². The van der Waals surface area contributed by atoms with Gasteiger partial charge in [-0.15, -0.1) is 0 Å². The number of nitrogen functional groups attached to an aromatic ring is 1. The highest BCUT2D eigenvalue weighted by molar-refractivity contribution is 7.94. The van der Waals surface area contributed by atoms with Gasteiger partial charge in [0.1, 0.15) is 4.90 Å². The average molecular weight is 453 g/mol. The lowest BCUT2D eigenvalue weighted by atomic mass is 9.97. The van der Waals surface area contributed by atoms with Crippen molar-refractivity contribution >= 4 is 41.4 Å². The molecular weight excluding hydrogens is 432 g/mol. The van der Waals surface area contributed by atoms with Gasteiger partial charge in [0.05, 0.1) is 22.8 Å². The van der Waals surface area contributed by atoms with Gasteiger partial charge in [0.2, 0.25) is 5.91 Å². The van der Waals surface area contributed by atoms with Gasteiger partial charge >= 0.3 is 0 Å². The van der Waals surface area contributed by atoms with Crippen LogP contribution in [0, 0.1) is 0 Å². The maximum atomic E-state index is 11.7. The molecule has 0 aliphatic rings. The quantitative estimate of drug-likeness (QED) is 0.319. The average Bonchev–Trinajstić information content (AvgIpc) is 2.57. The van der Waals surface area contributed by atoms with Crippen LogP contribution in [-0.4, -0.2) is 47.2 Å².